The van der Waals surface area contributed by atoms with Crippen LogP contribution in [0, 0.1) is 5.41 Å². The van der Waals surface area contributed by atoms with Gasteiger partial charge in [0, 0.05) is 5.41 Å². The molecule has 114 valence electrons. The molecule has 2 rings (SSSR count). The van der Waals surface area contributed by atoms with E-state index in [1.165, 1.54) is 36.5 Å². The Morgan fingerprint density at radius 1 is 0.952 bits per heavy atom. The summed E-state index contributed by atoms with van der Waals surface area (Å²) in [5.74, 6) is 1.86. The van der Waals surface area contributed by atoms with Crippen molar-refractivity contribution in [2.24, 2.45) is 5.41 Å². The molecule has 1 nitrogen and oxygen atoms in total. The fourth-order valence-corrected chi connectivity index (χ4v) is 3.43. The molecule has 0 saturated carbocycles. The van der Waals surface area contributed by atoms with Crippen LogP contribution in [0.1, 0.15) is 39.5 Å². The second-order valence-corrected chi connectivity index (χ2v) is 6.27. The van der Waals surface area contributed by atoms with Crippen LogP contribution in [0.15, 0.2) is 42.5 Å². The summed E-state index contributed by atoms with van der Waals surface area (Å²) in [6.45, 7) is 5.24. The summed E-state index contributed by atoms with van der Waals surface area (Å²) in [4.78, 5) is 0. The van der Waals surface area contributed by atoms with Gasteiger partial charge in [0.05, 0.1) is 6.61 Å². The zero-order chi connectivity index (χ0) is 15.1. The maximum absolute atomic E-state index is 6.13. The van der Waals surface area contributed by atoms with E-state index in [9.17, 15) is 0 Å². The lowest BCUT2D eigenvalue weighted by Gasteiger charge is -2.31. The van der Waals surface area contributed by atoms with Crippen molar-refractivity contribution in [3.05, 3.63) is 42.5 Å². The number of fused-ring (bicyclic) bond motifs is 1. The third-order valence-corrected chi connectivity index (χ3v) is 4.83. The predicted octanol–water partition coefficient (Wildman–Crippen LogP) is 5.74. The van der Waals surface area contributed by atoms with E-state index in [2.05, 4.69) is 68.9 Å². The van der Waals surface area contributed by atoms with E-state index in [4.69, 9.17) is 4.74 Å². The van der Waals surface area contributed by atoms with Crippen molar-refractivity contribution < 1.29 is 4.74 Å². The van der Waals surface area contributed by atoms with Gasteiger partial charge in [0.25, 0.3) is 0 Å². The molecular weight excluding hydrogens is 276 g/mol. The van der Waals surface area contributed by atoms with Gasteiger partial charge in [0.1, 0.15) is 5.75 Å². The van der Waals surface area contributed by atoms with E-state index in [0.717, 1.165) is 18.1 Å². The van der Waals surface area contributed by atoms with Gasteiger partial charge in [-0.2, -0.15) is 12.6 Å². The van der Waals surface area contributed by atoms with Gasteiger partial charge < -0.3 is 4.74 Å². The second kappa shape index (κ2) is 7.74. The van der Waals surface area contributed by atoms with Gasteiger partial charge in [0.15, 0.2) is 0 Å². The topological polar surface area (TPSA) is 9.23 Å². The maximum atomic E-state index is 6.13. The Balaban J connectivity index is 2.11. The quantitative estimate of drug-likeness (QED) is 0.612. The first-order valence-corrected chi connectivity index (χ1v) is 8.59. The minimum Gasteiger partial charge on any atom is -0.493 e. The first kappa shape index (κ1) is 16.2. The molecule has 0 aliphatic rings. The third-order valence-electron chi connectivity index (χ3n) is 4.16. The van der Waals surface area contributed by atoms with Gasteiger partial charge in [-0.1, -0.05) is 57.0 Å². The van der Waals surface area contributed by atoms with Crippen molar-refractivity contribution in [3.63, 3.8) is 0 Å². The Bertz CT molecular complexity index is 558. The Labute approximate surface area is 134 Å². The highest BCUT2D eigenvalue weighted by molar-refractivity contribution is 7.80. The lowest BCUT2D eigenvalue weighted by Crippen LogP contribution is -2.30. The molecule has 0 N–H and O–H groups in total. The molecule has 2 heteroatoms. The Kier molecular flexibility index (Phi) is 5.98. The summed E-state index contributed by atoms with van der Waals surface area (Å²) in [5.41, 5.74) is 0.207. The molecule has 2 aromatic carbocycles. The molecule has 0 aliphatic carbocycles. The van der Waals surface area contributed by atoms with Crippen LogP contribution in [0.3, 0.4) is 0 Å². The molecule has 0 spiro atoms. The zero-order valence-electron chi connectivity index (χ0n) is 13.1. The Hall–Kier alpha value is -1.15. The lowest BCUT2D eigenvalue weighted by molar-refractivity contribution is 0.144. The minimum atomic E-state index is 0.207. The van der Waals surface area contributed by atoms with Crippen LogP contribution in [-0.2, 0) is 0 Å². The summed E-state index contributed by atoms with van der Waals surface area (Å²) in [7, 11) is 0. The molecule has 0 amide bonds. The monoisotopic (exact) mass is 302 g/mol. The first-order valence-electron chi connectivity index (χ1n) is 7.95. The van der Waals surface area contributed by atoms with E-state index in [1.54, 1.807) is 0 Å². The van der Waals surface area contributed by atoms with E-state index < -0.39 is 0 Å². The summed E-state index contributed by atoms with van der Waals surface area (Å²) >= 11 is 4.59. The number of hydrogen-bond acceptors (Lipinski definition) is 2. The lowest BCUT2D eigenvalue weighted by atomic mass is 9.82. The van der Waals surface area contributed by atoms with Crippen molar-refractivity contribution in [2.75, 3.05) is 12.4 Å². The predicted molar refractivity (Wildman–Crippen MR) is 95.5 cm³/mol. The highest BCUT2D eigenvalue weighted by Crippen LogP contribution is 2.32. The minimum absolute atomic E-state index is 0.207. The van der Waals surface area contributed by atoms with Crippen LogP contribution in [0.4, 0.5) is 0 Å². The maximum Gasteiger partial charge on any atom is 0.119 e. The summed E-state index contributed by atoms with van der Waals surface area (Å²) in [6.07, 6.45) is 4.72. The van der Waals surface area contributed by atoms with Gasteiger partial charge in [-0.25, -0.2) is 0 Å². The van der Waals surface area contributed by atoms with Crippen molar-refractivity contribution in [3.8, 4) is 5.75 Å². The molecule has 0 bridgehead atoms. The third kappa shape index (κ3) is 4.16. The van der Waals surface area contributed by atoms with Gasteiger partial charge in [-0.05, 0) is 41.5 Å². The van der Waals surface area contributed by atoms with Crippen LogP contribution in [0.5, 0.6) is 5.75 Å². The number of hydrogen-bond donors (Lipinski definition) is 1. The highest BCUT2D eigenvalue weighted by atomic mass is 32.1. The van der Waals surface area contributed by atoms with Crippen molar-refractivity contribution in [1.29, 1.82) is 0 Å². The average Bonchev–Trinajstić information content (AvgIpc) is 2.53. The van der Waals surface area contributed by atoms with Gasteiger partial charge >= 0.3 is 0 Å². The van der Waals surface area contributed by atoms with Crippen LogP contribution >= 0.6 is 12.6 Å². The number of benzene rings is 2. The van der Waals surface area contributed by atoms with Gasteiger partial charge in [-0.3, -0.25) is 0 Å². The number of thiol groups is 1. The molecule has 0 unspecified atom stereocenters. The van der Waals surface area contributed by atoms with Crippen molar-refractivity contribution in [1.82, 2.24) is 0 Å². The van der Waals surface area contributed by atoms with E-state index in [0.29, 0.717) is 0 Å². The fraction of sp³-hybridized carbons (Fsp3) is 0.474. The van der Waals surface area contributed by atoms with Crippen LogP contribution < -0.4 is 4.74 Å². The SMILES string of the molecule is CCCC(CS)(CCC)COc1ccc2ccccc2c1. The first-order chi connectivity index (χ1) is 10.2. The second-order valence-electron chi connectivity index (χ2n) is 5.96. The molecule has 2 aromatic rings. The molecule has 0 atom stereocenters. The number of rotatable bonds is 8. The van der Waals surface area contributed by atoms with Crippen LogP contribution in [0.25, 0.3) is 10.8 Å². The zero-order valence-corrected chi connectivity index (χ0v) is 14.0. The normalized spacial score (nSPS) is 11.8. The van der Waals surface area contributed by atoms with E-state index in [1.807, 2.05) is 0 Å². The number of ether oxygens (including phenoxy) is 1. The molecule has 0 aromatic heterocycles. The van der Waals surface area contributed by atoms with Crippen molar-refractivity contribution in [2.45, 2.75) is 39.5 Å². The average molecular weight is 302 g/mol. The molecular formula is C19H26OS. The van der Waals surface area contributed by atoms with Crippen molar-refractivity contribution >= 4 is 23.4 Å². The largest absolute Gasteiger partial charge is 0.493 e. The van der Waals surface area contributed by atoms with E-state index in [-0.39, 0.29) is 5.41 Å². The molecule has 0 aliphatic heterocycles. The fourth-order valence-electron chi connectivity index (χ4n) is 3.03. The molecule has 0 fully saturated rings. The molecule has 0 radical (unpaired) electrons. The Morgan fingerprint density at radius 3 is 2.24 bits per heavy atom. The van der Waals surface area contributed by atoms with Crippen LogP contribution in [-0.4, -0.2) is 12.4 Å². The molecule has 0 saturated heterocycles. The summed E-state index contributed by atoms with van der Waals surface area (Å²) in [5, 5.41) is 2.49. The highest BCUT2D eigenvalue weighted by Gasteiger charge is 2.27. The smallest absolute Gasteiger partial charge is 0.119 e. The standard InChI is InChI=1S/C19H26OS/c1-3-11-19(15-21,12-4-2)14-20-18-10-9-16-7-5-6-8-17(16)13-18/h5-10,13,21H,3-4,11-12,14-15H2,1-2H3. The molecule has 0 heterocycles. The van der Waals surface area contributed by atoms with Crippen LogP contribution in [0.2, 0.25) is 0 Å². The Morgan fingerprint density at radius 2 is 1.62 bits per heavy atom. The van der Waals surface area contributed by atoms with Gasteiger partial charge in [0.2, 0.25) is 0 Å². The van der Waals surface area contributed by atoms with Gasteiger partial charge in [-0.15, -0.1) is 0 Å². The summed E-state index contributed by atoms with van der Waals surface area (Å²) in [6, 6.07) is 14.7. The summed E-state index contributed by atoms with van der Waals surface area (Å²) < 4.78 is 6.13. The molecule has 21 heavy (non-hydrogen) atoms. The van der Waals surface area contributed by atoms with E-state index >= 15 is 0 Å².